The zero-order chi connectivity index (χ0) is 24.9. The predicted octanol–water partition coefficient (Wildman–Crippen LogP) is 4.79. The average molecular weight is 503 g/mol. The van der Waals surface area contributed by atoms with Crippen molar-refractivity contribution in [2.45, 2.75) is 43.4 Å². The SMILES string of the molecule is Cc1nccn1CCNC(=O)[C@H]1CCC[C@@H]2CN(C(=O)c3ccccc3CSc3ccccc3)C[C@H]21. The molecule has 5 rings (SSSR count). The first-order chi connectivity index (χ1) is 17.6. The number of rotatable bonds is 8. The van der Waals surface area contributed by atoms with E-state index in [-0.39, 0.29) is 23.7 Å². The van der Waals surface area contributed by atoms with Gasteiger partial charge in [0, 0.05) is 60.7 Å². The maximum atomic E-state index is 13.6. The summed E-state index contributed by atoms with van der Waals surface area (Å²) in [5, 5.41) is 3.15. The molecular formula is C29H34N4O2S. The molecule has 188 valence electrons. The Bertz CT molecular complexity index is 1190. The molecule has 6 nitrogen and oxygen atoms in total. The molecule has 1 N–H and O–H groups in total. The normalized spacial score (nSPS) is 21.2. The van der Waals surface area contributed by atoms with E-state index >= 15 is 0 Å². The molecule has 2 amide bonds. The molecule has 1 saturated heterocycles. The fraction of sp³-hybridized carbons (Fsp3) is 0.414. The Morgan fingerprint density at radius 2 is 1.86 bits per heavy atom. The third-order valence-electron chi connectivity index (χ3n) is 7.68. The summed E-state index contributed by atoms with van der Waals surface area (Å²) in [4.78, 5) is 34.2. The van der Waals surface area contributed by atoms with Gasteiger partial charge >= 0.3 is 0 Å². The Labute approximate surface area is 217 Å². The molecule has 36 heavy (non-hydrogen) atoms. The summed E-state index contributed by atoms with van der Waals surface area (Å²) in [5.74, 6) is 2.57. The third-order valence-corrected chi connectivity index (χ3v) is 8.74. The molecule has 3 atom stereocenters. The van der Waals surface area contributed by atoms with Gasteiger partial charge in [-0.05, 0) is 55.4 Å². The monoisotopic (exact) mass is 502 g/mol. The molecule has 2 fully saturated rings. The fourth-order valence-corrected chi connectivity index (χ4v) is 6.66. The van der Waals surface area contributed by atoms with Gasteiger partial charge in [-0.25, -0.2) is 4.98 Å². The summed E-state index contributed by atoms with van der Waals surface area (Å²) >= 11 is 1.75. The predicted molar refractivity (Wildman–Crippen MR) is 143 cm³/mol. The minimum absolute atomic E-state index is 0.0192. The van der Waals surface area contributed by atoms with Gasteiger partial charge in [0.2, 0.25) is 5.91 Å². The maximum absolute atomic E-state index is 13.6. The smallest absolute Gasteiger partial charge is 0.254 e. The molecular weight excluding hydrogens is 468 g/mol. The lowest BCUT2D eigenvalue weighted by Gasteiger charge is -2.31. The van der Waals surface area contributed by atoms with E-state index in [2.05, 4.69) is 28.5 Å². The van der Waals surface area contributed by atoms with Crippen molar-refractivity contribution in [2.24, 2.45) is 17.8 Å². The van der Waals surface area contributed by atoms with E-state index in [1.54, 1.807) is 18.0 Å². The summed E-state index contributed by atoms with van der Waals surface area (Å²) in [6.45, 7) is 4.71. The van der Waals surface area contributed by atoms with E-state index in [9.17, 15) is 9.59 Å². The van der Waals surface area contributed by atoms with Crippen LogP contribution in [0.1, 0.15) is 41.0 Å². The van der Waals surface area contributed by atoms with Crippen LogP contribution in [-0.2, 0) is 17.1 Å². The lowest BCUT2D eigenvalue weighted by molar-refractivity contribution is -0.128. The van der Waals surface area contributed by atoms with Crippen LogP contribution in [-0.4, -0.2) is 45.9 Å². The molecule has 2 heterocycles. The summed E-state index contributed by atoms with van der Waals surface area (Å²) in [7, 11) is 0. The number of carbonyl (C=O) groups is 2. The number of amides is 2. The lowest BCUT2D eigenvalue weighted by Crippen LogP contribution is -2.41. The number of benzene rings is 2. The van der Waals surface area contributed by atoms with E-state index < -0.39 is 0 Å². The Morgan fingerprint density at radius 1 is 1.06 bits per heavy atom. The van der Waals surface area contributed by atoms with Crippen LogP contribution in [0.25, 0.3) is 0 Å². The molecule has 1 aliphatic heterocycles. The van der Waals surface area contributed by atoms with E-state index in [0.717, 1.165) is 55.1 Å². The van der Waals surface area contributed by atoms with Gasteiger partial charge < -0.3 is 14.8 Å². The van der Waals surface area contributed by atoms with Gasteiger partial charge in [-0.2, -0.15) is 0 Å². The van der Waals surface area contributed by atoms with E-state index in [0.29, 0.717) is 19.0 Å². The maximum Gasteiger partial charge on any atom is 0.254 e. The van der Waals surface area contributed by atoms with Crippen LogP contribution in [0.15, 0.2) is 71.9 Å². The first kappa shape index (κ1) is 24.6. The third kappa shape index (κ3) is 5.51. The highest BCUT2D eigenvalue weighted by atomic mass is 32.2. The standard InChI is InChI=1S/C29H34N4O2S/c1-21-30-14-16-32(21)17-15-31-28(34)26-13-7-9-22-18-33(19-27(22)26)29(35)25-12-6-5-8-23(25)20-36-24-10-3-2-4-11-24/h2-6,8,10-12,14,16,22,26-27H,7,9,13,15,17-20H2,1H3,(H,31,34)/t22-,26+,27-/m1/s1. The number of thioether (sulfide) groups is 1. The van der Waals surface area contributed by atoms with Crippen molar-refractivity contribution in [1.29, 1.82) is 0 Å². The summed E-state index contributed by atoms with van der Waals surface area (Å²) in [6.07, 6.45) is 6.77. The summed E-state index contributed by atoms with van der Waals surface area (Å²) < 4.78 is 2.05. The van der Waals surface area contributed by atoms with Gasteiger partial charge in [0.1, 0.15) is 5.82 Å². The number of imidazole rings is 1. The minimum atomic E-state index is -0.0192. The Kier molecular flexibility index (Phi) is 7.75. The van der Waals surface area contributed by atoms with Crippen LogP contribution in [0.4, 0.5) is 0 Å². The quantitative estimate of drug-likeness (QED) is 0.450. The molecule has 2 aromatic carbocycles. The number of nitrogens with zero attached hydrogens (tertiary/aromatic N) is 3. The molecule has 1 aliphatic carbocycles. The van der Waals surface area contributed by atoms with E-state index in [4.69, 9.17) is 0 Å². The summed E-state index contributed by atoms with van der Waals surface area (Å²) in [6, 6.07) is 18.3. The summed E-state index contributed by atoms with van der Waals surface area (Å²) in [5.41, 5.74) is 1.85. The molecule has 0 unspecified atom stereocenters. The highest BCUT2D eigenvalue weighted by Crippen LogP contribution is 2.41. The number of likely N-dealkylation sites (tertiary alicyclic amines) is 1. The topological polar surface area (TPSA) is 67.2 Å². The van der Waals surface area contributed by atoms with Crippen molar-refractivity contribution in [3.05, 3.63) is 83.9 Å². The van der Waals surface area contributed by atoms with E-state index in [1.165, 1.54) is 4.90 Å². The zero-order valence-electron chi connectivity index (χ0n) is 20.8. The molecule has 7 heteroatoms. The highest BCUT2D eigenvalue weighted by Gasteiger charge is 2.44. The second kappa shape index (κ2) is 11.3. The van der Waals surface area contributed by atoms with Gasteiger partial charge in [-0.3, -0.25) is 9.59 Å². The first-order valence-electron chi connectivity index (χ1n) is 12.9. The van der Waals surface area contributed by atoms with Gasteiger partial charge in [-0.15, -0.1) is 11.8 Å². The van der Waals surface area contributed by atoms with Gasteiger partial charge in [0.25, 0.3) is 5.91 Å². The second-order valence-electron chi connectivity index (χ2n) is 9.89. The average Bonchev–Trinajstić information content (AvgIpc) is 3.53. The highest BCUT2D eigenvalue weighted by molar-refractivity contribution is 7.98. The van der Waals surface area contributed by atoms with Crippen LogP contribution >= 0.6 is 11.8 Å². The molecule has 2 aliphatic rings. The van der Waals surface area contributed by atoms with Crippen LogP contribution in [0.3, 0.4) is 0 Å². The zero-order valence-corrected chi connectivity index (χ0v) is 21.6. The number of aryl methyl sites for hydroxylation is 1. The van der Waals surface area contributed by atoms with E-state index in [1.807, 2.05) is 59.0 Å². The molecule has 1 aromatic heterocycles. The minimum Gasteiger partial charge on any atom is -0.354 e. The van der Waals surface area contributed by atoms with Crippen molar-refractivity contribution >= 4 is 23.6 Å². The first-order valence-corrected chi connectivity index (χ1v) is 13.9. The van der Waals surface area contributed by atoms with Crippen molar-refractivity contribution in [2.75, 3.05) is 19.6 Å². The Morgan fingerprint density at radius 3 is 2.67 bits per heavy atom. The van der Waals surface area contributed by atoms with Crippen LogP contribution in [0.5, 0.6) is 0 Å². The van der Waals surface area contributed by atoms with Crippen LogP contribution in [0, 0.1) is 24.7 Å². The molecule has 0 bridgehead atoms. The van der Waals surface area contributed by atoms with Gasteiger partial charge in [0.15, 0.2) is 0 Å². The van der Waals surface area contributed by atoms with Gasteiger partial charge in [-0.1, -0.05) is 42.8 Å². The fourth-order valence-electron chi connectivity index (χ4n) is 5.74. The van der Waals surface area contributed by atoms with Crippen LogP contribution < -0.4 is 5.32 Å². The number of aromatic nitrogens is 2. The molecule has 0 radical (unpaired) electrons. The van der Waals surface area contributed by atoms with Crippen molar-refractivity contribution in [1.82, 2.24) is 19.8 Å². The number of fused-ring (bicyclic) bond motifs is 1. The largest absolute Gasteiger partial charge is 0.354 e. The molecule has 0 spiro atoms. The number of carbonyl (C=O) groups excluding carboxylic acids is 2. The Balaban J connectivity index is 1.21. The molecule has 3 aromatic rings. The number of nitrogens with one attached hydrogen (secondary N) is 1. The van der Waals surface area contributed by atoms with Gasteiger partial charge in [0.05, 0.1) is 0 Å². The van der Waals surface area contributed by atoms with Crippen molar-refractivity contribution in [3.8, 4) is 0 Å². The number of hydrogen-bond acceptors (Lipinski definition) is 4. The number of hydrogen-bond donors (Lipinski definition) is 1. The van der Waals surface area contributed by atoms with Crippen molar-refractivity contribution < 1.29 is 9.59 Å². The molecule has 1 saturated carbocycles. The second-order valence-corrected chi connectivity index (χ2v) is 10.9. The van der Waals surface area contributed by atoms with Crippen molar-refractivity contribution in [3.63, 3.8) is 0 Å². The lowest BCUT2D eigenvalue weighted by atomic mass is 9.73. The Hall–Kier alpha value is -3.06. The van der Waals surface area contributed by atoms with Crippen LogP contribution in [0.2, 0.25) is 0 Å².